The van der Waals surface area contributed by atoms with Crippen LogP contribution in [0.4, 0.5) is 5.69 Å². The summed E-state index contributed by atoms with van der Waals surface area (Å²) in [5.74, 6) is -0.413. The van der Waals surface area contributed by atoms with Gasteiger partial charge in [0.05, 0.1) is 29.1 Å². The Labute approximate surface area is 109 Å². The molecule has 94 valence electrons. The van der Waals surface area contributed by atoms with Gasteiger partial charge in [-0.15, -0.1) is 0 Å². The van der Waals surface area contributed by atoms with Crippen molar-refractivity contribution in [3.05, 3.63) is 41.2 Å². The first-order valence-electron chi connectivity index (χ1n) is 5.39. The molecule has 0 aliphatic carbocycles. The Bertz CT molecular complexity index is 580. The third kappa shape index (κ3) is 2.46. The van der Waals surface area contributed by atoms with E-state index in [1.54, 1.807) is 31.3 Å². The van der Waals surface area contributed by atoms with Gasteiger partial charge in [0.25, 0.3) is 0 Å². The van der Waals surface area contributed by atoms with E-state index in [4.69, 9.17) is 22.1 Å². The van der Waals surface area contributed by atoms with Gasteiger partial charge >= 0.3 is 5.97 Å². The molecule has 2 rings (SSSR count). The maximum absolute atomic E-state index is 11.5. The third-order valence-electron chi connectivity index (χ3n) is 2.31. The molecule has 0 saturated carbocycles. The number of carbonyl (C=O) groups is 1. The lowest BCUT2D eigenvalue weighted by molar-refractivity contribution is 0.0526. The van der Waals surface area contributed by atoms with Crippen LogP contribution >= 0.6 is 11.6 Å². The number of hydrogen-bond donors (Lipinski definition) is 1. The zero-order chi connectivity index (χ0) is 13.1. The topological polar surface area (TPSA) is 70.1 Å². The second-order valence-corrected chi connectivity index (χ2v) is 4.01. The standard InChI is InChI=1S/C12H12ClN3O2/c1-2-18-12(17)8-6-15-16(7-8)11-5-9(14)3-4-10(11)13/h3-7H,2,14H2,1H3. The Morgan fingerprint density at radius 2 is 2.33 bits per heavy atom. The van der Waals surface area contributed by atoms with Crippen molar-refractivity contribution in [3.8, 4) is 5.69 Å². The Balaban J connectivity index is 2.35. The van der Waals surface area contributed by atoms with E-state index in [0.29, 0.717) is 28.6 Å². The minimum Gasteiger partial charge on any atom is -0.462 e. The number of anilines is 1. The highest BCUT2D eigenvalue weighted by Gasteiger charge is 2.11. The Kier molecular flexibility index (Phi) is 3.53. The summed E-state index contributed by atoms with van der Waals surface area (Å²) in [5.41, 5.74) is 7.25. The van der Waals surface area contributed by atoms with Crippen LogP contribution in [0.5, 0.6) is 0 Å². The third-order valence-corrected chi connectivity index (χ3v) is 2.63. The molecule has 1 heterocycles. The van der Waals surface area contributed by atoms with E-state index in [1.807, 2.05) is 0 Å². The van der Waals surface area contributed by atoms with Gasteiger partial charge in [0.2, 0.25) is 0 Å². The molecule has 6 heteroatoms. The number of nitrogens with zero attached hydrogens (tertiary/aromatic N) is 2. The molecule has 0 fully saturated rings. The summed E-state index contributed by atoms with van der Waals surface area (Å²) in [4.78, 5) is 11.5. The maximum Gasteiger partial charge on any atom is 0.341 e. The summed E-state index contributed by atoms with van der Waals surface area (Å²) in [7, 11) is 0. The summed E-state index contributed by atoms with van der Waals surface area (Å²) in [6.45, 7) is 2.07. The van der Waals surface area contributed by atoms with Gasteiger partial charge in [-0.2, -0.15) is 5.10 Å². The van der Waals surface area contributed by atoms with Gasteiger partial charge in [-0.05, 0) is 25.1 Å². The predicted molar refractivity (Wildman–Crippen MR) is 68.9 cm³/mol. The molecule has 0 aliphatic rings. The van der Waals surface area contributed by atoms with Gasteiger partial charge < -0.3 is 10.5 Å². The summed E-state index contributed by atoms with van der Waals surface area (Å²) < 4.78 is 6.37. The normalized spacial score (nSPS) is 10.3. The molecule has 5 nitrogen and oxygen atoms in total. The van der Waals surface area contributed by atoms with E-state index < -0.39 is 5.97 Å². The van der Waals surface area contributed by atoms with E-state index in [2.05, 4.69) is 5.10 Å². The first kappa shape index (κ1) is 12.4. The zero-order valence-electron chi connectivity index (χ0n) is 9.76. The van der Waals surface area contributed by atoms with E-state index >= 15 is 0 Å². The molecule has 0 unspecified atom stereocenters. The van der Waals surface area contributed by atoms with Crippen molar-refractivity contribution in [1.82, 2.24) is 9.78 Å². The van der Waals surface area contributed by atoms with Crippen molar-refractivity contribution in [1.29, 1.82) is 0 Å². The number of rotatable bonds is 3. The van der Waals surface area contributed by atoms with Gasteiger partial charge in [-0.1, -0.05) is 11.6 Å². The van der Waals surface area contributed by atoms with E-state index in [0.717, 1.165) is 0 Å². The molecule has 0 spiro atoms. The first-order chi connectivity index (χ1) is 8.61. The average molecular weight is 266 g/mol. The van der Waals surface area contributed by atoms with Crippen LogP contribution in [-0.4, -0.2) is 22.4 Å². The lowest BCUT2D eigenvalue weighted by Crippen LogP contribution is -2.03. The van der Waals surface area contributed by atoms with Gasteiger partial charge in [-0.3, -0.25) is 0 Å². The van der Waals surface area contributed by atoms with Gasteiger partial charge in [0.1, 0.15) is 0 Å². The Hall–Kier alpha value is -2.01. The second kappa shape index (κ2) is 5.10. The number of benzene rings is 1. The van der Waals surface area contributed by atoms with Crippen LogP contribution in [-0.2, 0) is 4.74 Å². The summed E-state index contributed by atoms with van der Waals surface area (Å²) in [5, 5.41) is 4.57. The smallest absolute Gasteiger partial charge is 0.341 e. The lowest BCUT2D eigenvalue weighted by Gasteiger charge is -2.04. The van der Waals surface area contributed by atoms with Crippen LogP contribution in [0.3, 0.4) is 0 Å². The highest BCUT2D eigenvalue weighted by atomic mass is 35.5. The molecule has 1 aromatic carbocycles. The van der Waals surface area contributed by atoms with Crippen molar-refractivity contribution < 1.29 is 9.53 Å². The van der Waals surface area contributed by atoms with E-state index in [-0.39, 0.29) is 0 Å². The first-order valence-corrected chi connectivity index (χ1v) is 5.77. The number of hydrogen-bond acceptors (Lipinski definition) is 4. The number of aromatic nitrogens is 2. The van der Waals surface area contributed by atoms with E-state index in [9.17, 15) is 4.79 Å². The molecule has 2 N–H and O–H groups in total. The number of nitrogen functional groups attached to an aromatic ring is 1. The summed E-state index contributed by atoms with van der Waals surface area (Å²) in [6.07, 6.45) is 2.98. The monoisotopic (exact) mass is 265 g/mol. The van der Waals surface area contributed by atoms with Crippen LogP contribution in [0.25, 0.3) is 5.69 Å². The minimum atomic E-state index is -0.413. The molecule has 18 heavy (non-hydrogen) atoms. The van der Waals surface area contributed by atoms with Crippen LogP contribution in [0.1, 0.15) is 17.3 Å². The molecule has 0 bridgehead atoms. The SMILES string of the molecule is CCOC(=O)c1cnn(-c2cc(N)ccc2Cl)c1. The number of nitrogens with two attached hydrogens (primary N) is 1. The van der Waals surface area contributed by atoms with Crippen molar-refractivity contribution >= 4 is 23.3 Å². The predicted octanol–water partition coefficient (Wildman–Crippen LogP) is 2.28. The van der Waals surface area contributed by atoms with Crippen LogP contribution in [0.15, 0.2) is 30.6 Å². The minimum absolute atomic E-state index is 0.322. The molecule has 0 amide bonds. The Morgan fingerprint density at radius 3 is 3.06 bits per heavy atom. The molecule has 0 atom stereocenters. The van der Waals surface area contributed by atoms with E-state index in [1.165, 1.54) is 10.9 Å². The van der Waals surface area contributed by atoms with Crippen LogP contribution < -0.4 is 5.73 Å². The van der Waals surface area contributed by atoms with Crippen LogP contribution in [0, 0.1) is 0 Å². The number of carbonyl (C=O) groups excluding carboxylic acids is 1. The molecule has 0 saturated heterocycles. The van der Waals surface area contributed by atoms with Crippen molar-refractivity contribution in [3.63, 3.8) is 0 Å². The fourth-order valence-electron chi connectivity index (χ4n) is 1.48. The highest BCUT2D eigenvalue weighted by molar-refractivity contribution is 6.32. The Morgan fingerprint density at radius 1 is 1.56 bits per heavy atom. The average Bonchev–Trinajstić information content (AvgIpc) is 2.82. The van der Waals surface area contributed by atoms with Crippen molar-refractivity contribution in [2.24, 2.45) is 0 Å². The molecule has 2 aromatic rings. The largest absolute Gasteiger partial charge is 0.462 e. The lowest BCUT2D eigenvalue weighted by atomic mass is 10.3. The number of esters is 1. The second-order valence-electron chi connectivity index (χ2n) is 3.60. The quantitative estimate of drug-likeness (QED) is 0.683. The zero-order valence-corrected chi connectivity index (χ0v) is 10.5. The number of ether oxygens (including phenoxy) is 1. The van der Waals surface area contributed by atoms with Crippen molar-refractivity contribution in [2.75, 3.05) is 12.3 Å². The fraction of sp³-hybridized carbons (Fsp3) is 0.167. The van der Waals surface area contributed by atoms with Gasteiger partial charge in [0, 0.05) is 11.9 Å². The van der Waals surface area contributed by atoms with Crippen molar-refractivity contribution in [2.45, 2.75) is 6.92 Å². The summed E-state index contributed by atoms with van der Waals surface area (Å²) in [6, 6.07) is 5.06. The van der Waals surface area contributed by atoms with Crippen LogP contribution in [0.2, 0.25) is 5.02 Å². The van der Waals surface area contributed by atoms with Gasteiger partial charge in [-0.25, -0.2) is 9.48 Å². The van der Waals surface area contributed by atoms with Gasteiger partial charge in [0.15, 0.2) is 0 Å². The molecule has 1 aromatic heterocycles. The molecule has 0 radical (unpaired) electrons. The molecule has 0 aliphatic heterocycles. The maximum atomic E-state index is 11.5. The fourth-order valence-corrected chi connectivity index (χ4v) is 1.68. The number of halogens is 1. The summed E-state index contributed by atoms with van der Waals surface area (Å²) >= 11 is 6.05. The molecular formula is C12H12ClN3O2. The highest BCUT2D eigenvalue weighted by Crippen LogP contribution is 2.22. The molecular weight excluding hydrogens is 254 g/mol.